The van der Waals surface area contributed by atoms with Gasteiger partial charge in [-0.15, -0.1) is 0 Å². The van der Waals surface area contributed by atoms with Gasteiger partial charge in [-0.3, -0.25) is 19.7 Å². The first kappa shape index (κ1) is 20.8. The van der Waals surface area contributed by atoms with Crippen molar-refractivity contribution < 1.29 is 14.5 Å². The molecular weight excluding hydrogens is 408 g/mol. The number of non-ortho nitro benzene ring substituents is 1. The lowest BCUT2D eigenvalue weighted by molar-refractivity contribution is -0.384. The van der Waals surface area contributed by atoms with E-state index in [0.717, 1.165) is 5.52 Å². The highest BCUT2D eigenvalue weighted by Crippen LogP contribution is 2.23. The lowest BCUT2D eigenvalue weighted by Gasteiger charge is -2.13. The topological polar surface area (TPSA) is 106 Å². The summed E-state index contributed by atoms with van der Waals surface area (Å²) in [6.45, 7) is 1.81. The van der Waals surface area contributed by atoms with Crippen molar-refractivity contribution in [3.8, 4) is 0 Å². The minimum atomic E-state index is -0.451. The third kappa shape index (κ3) is 4.34. The fourth-order valence-electron chi connectivity index (χ4n) is 3.52. The van der Waals surface area contributed by atoms with Gasteiger partial charge >= 0.3 is 0 Å². The summed E-state index contributed by atoms with van der Waals surface area (Å²) in [6, 6.07) is 20.5. The molecule has 0 atom stereocenters. The Morgan fingerprint density at radius 3 is 2.50 bits per heavy atom. The van der Waals surface area contributed by atoms with Gasteiger partial charge in [0.1, 0.15) is 6.54 Å². The maximum absolute atomic E-state index is 12.7. The second-order valence-corrected chi connectivity index (χ2v) is 7.29. The van der Waals surface area contributed by atoms with Crippen molar-refractivity contribution in [2.75, 3.05) is 10.6 Å². The van der Waals surface area contributed by atoms with Crippen molar-refractivity contribution in [2.45, 2.75) is 13.5 Å². The van der Waals surface area contributed by atoms with Crippen molar-refractivity contribution in [1.82, 2.24) is 4.57 Å². The summed E-state index contributed by atoms with van der Waals surface area (Å²) in [7, 11) is 0. The molecule has 3 aromatic carbocycles. The SMILES string of the molecule is Cc1c(NC(=O)Cn2ccc3cc([N+](=O)[O-])ccc32)cccc1C(=O)Nc1ccccc1. The van der Waals surface area contributed by atoms with Crippen LogP contribution in [0.1, 0.15) is 15.9 Å². The van der Waals surface area contributed by atoms with Gasteiger partial charge in [0.15, 0.2) is 0 Å². The van der Waals surface area contributed by atoms with Crippen LogP contribution in [0.2, 0.25) is 0 Å². The lowest BCUT2D eigenvalue weighted by atomic mass is 10.1. The molecule has 160 valence electrons. The van der Waals surface area contributed by atoms with E-state index >= 15 is 0 Å². The highest BCUT2D eigenvalue weighted by atomic mass is 16.6. The van der Waals surface area contributed by atoms with Gasteiger partial charge in [0.2, 0.25) is 5.91 Å². The molecule has 2 N–H and O–H groups in total. The highest BCUT2D eigenvalue weighted by molar-refractivity contribution is 6.06. The number of nitro groups is 1. The molecule has 2 amide bonds. The number of fused-ring (bicyclic) bond motifs is 1. The Hall–Kier alpha value is -4.46. The number of carbonyl (C=O) groups excluding carboxylic acids is 2. The second-order valence-electron chi connectivity index (χ2n) is 7.29. The van der Waals surface area contributed by atoms with Crippen LogP contribution in [0.3, 0.4) is 0 Å². The molecule has 0 radical (unpaired) electrons. The van der Waals surface area contributed by atoms with Crippen LogP contribution in [-0.2, 0) is 11.3 Å². The maximum Gasteiger partial charge on any atom is 0.270 e. The summed E-state index contributed by atoms with van der Waals surface area (Å²) < 4.78 is 1.72. The quantitative estimate of drug-likeness (QED) is 0.341. The van der Waals surface area contributed by atoms with Gasteiger partial charge < -0.3 is 15.2 Å². The number of carbonyl (C=O) groups is 2. The van der Waals surface area contributed by atoms with Crippen LogP contribution >= 0.6 is 0 Å². The van der Waals surface area contributed by atoms with Crippen molar-refractivity contribution in [2.24, 2.45) is 0 Å². The lowest BCUT2D eigenvalue weighted by Crippen LogP contribution is -2.20. The molecule has 0 aliphatic rings. The van der Waals surface area contributed by atoms with Gasteiger partial charge in [-0.1, -0.05) is 24.3 Å². The van der Waals surface area contributed by atoms with E-state index in [1.165, 1.54) is 12.1 Å². The van der Waals surface area contributed by atoms with Crippen LogP contribution in [0.25, 0.3) is 10.9 Å². The summed E-state index contributed by atoms with van der Waals surface area (Å²) in [5, 5.41) is 17.3. The van der Waals surface area contributed by atoms with E-state index in [9.17, 15) is 19.7 Å². The maximum atomic E-state index is 12.7. The van der Waals surface area contributed by atoms with E-state index in [1.807, 2.05) is 18.2 Å². The molecule has 0 aliphatic heterocycles. The van der Waals surface area contributed by atoms with Crippen LogP contribution in [0, 0.1) is 17.0 Å². The molecule has 4 aromatic rings. The number of hydrogen-bond donors (Lipinski definition) is 2. The number of aromatic nitrogens is 1. The van der Waals surface area contributed by atoms with E-state index in [4.69, 9.17) is 0 Å². The molecule has 0 bridgehead atoms. The normalized spacial score (nSPS) is 10.7. The number of para-hydroxylation sites is 1. The molecule has 0 unspecified atom stereocenters. The largest absolute Gasteiger partial charge is 0.338 e. The first-order chi connectivity index (χ1) is 15.4. The number of rotatable bonds is 6. The smallest absolute Gasteiger partial charge is 0.270 e. The van der Waals surface area contributed by atoms with Gasteiger partial charge in [0.05, 0.1) is 4.92 Å². The van der Waals surface area contributed by atoms with Gasteiger partial charge in [0, 0.05) is 46.2 Å². The molecule has 4 rings (SSSR count). The molecule has 1 heterocycles. The van der Waals surface area contributed by atoms with Gasteiger partial charge in [-0.2, -0.15) is 0 Å². The number of hydrogen-bond acceptors (Lipinski definition) is 4. The number of nitrogens with zero attached hydrogens (tertiary/aromatic N) is 2. The molecule has 0 saturated carbocycles. The Bertz CT molecular complexity index is 1330. The van der Waals surface area contributed by atoms with Crippen molar-refractivity contribution in [3.63, 3.8) is 0 Å². The minimum Gasteiger partial charge on any atom is -0.338 e. The number of benzene rings is 3. The second kappa shape index (κ2) is 8.73. The Kier molecular flexibility index (Phi) is 5.67. The molecule has 1 aromatic heterocycles. The zero-order valence-corrected chi connectivity index (χ0v) is 17.2. The molecule has 8 nitrogen and oxygen atoms in total. The molecule has 32 heavy (non-hydrogen) atoms. The fourth-order valence-corrected chi connectivity index (χ4v) is 3.52. The fraction of sp³-hybridized carbons (Fsp3) is 0.0833. The van der Waals surface area contributed by atoms with E-state index in [0.29, 0.717) is 27.9 Å². The zero-order valence-electron chi connectivity index (χ0n) is 17.2. The Morgan fingerprint density at radius 2 is 1.75 bits per heavy atom. The van der Waals surface area contributed by atoms with Crippen LogP contribution in [0.15, 0.2) is 79.0 Å². The number of amides is 2. The Morgan fingerprint density at radius 1 is 0.969 bits per heavy atom. The average Bonchev–Trinajstić information content (AvgIpc) is 3.17. The minimum absolute atomic E-state index is 0.000852. The number of nitro benzene ring substituents is 1. The standard InChI is InChI=1S/C24H20N4O4/c1-16-20(24(30)25-18-6-3-2-4-7-18)8-5-9-21(16)26-23(29)15-27-13-12-17-14-19(28(31)32)10-11-22(17)27/h2-14H,15H2,1H3,(H,25,30)(H,26,29). The van der Waals surface area contributed by atoms with Crippen LogP contribution in [0.4, 0.5) is 17.1 Å². The summed E-state index contributed by atoms with van der Waals surface area (Å²) in [6.07, 6.45) is 1.71. The summed E-state index contributed by atoms with van der Waals surface area (Å²) in [5.74, 6) is -0.535. The molecule has 8 heteroatoms. The van der Waals surface area contributed by atoms with E-state index in [1.54, 1.807) is 60.2 Å². The van der Waals surface area contributed by atoms with Gasteiger partial charge in [0.25, 0.3) is 11.6 Å². The van der Waals surface area contributed by atoms with Gasteiger partial charge in [-0.05, 0) is 48.9 Å². The Balaban J connectivity index is 1.49. The molecule has 0 fully saturated rings. The first-order valence-electron chi connectivity index (χ1n) is 9.91. The summed E-state index contributed by atoms with van der Waals surface area (Å²) >= 11 is 0. The van der Waals surface area contributed by atoms with Crippen molar-refractivity contribution in [3.05, 3.63) is 100 Å². The molecule has 0 aliphatic carbocycles. The number of nitrogens with one attached hydrogen (secondary N) is 2. The van der Waals surface area contributed by atoms with Crippen molar-refractivity contribution >= 4 is 39.8 Å². The third-order valence-corrected chi connectivity index (χ3v) is 5.16. The first-order valence-corrected chi connectivity index (χ1v) is 9.91. The monoisotopic (exact) mass is 428 g/mol. The predicted molar refractivity (Wildman–Crippen MR) is 123 cm³/mol. The average molecular weight is 428 g/mol. The van der Waals surface area contributed by atoms with Crippen LogP contribution < -0.4 is 10.6 Å². The molecular formula is C24H20N4O4. The third-order valence-electron chi connectivity index (χ3n) is 5.16. The van der Waals surface area contributed by atoms with E-state index in [2.05, 4.69) is 10.6 Å². The van der Waals surface area contributed by atoms with Gasteiger partial charge in [-0.25, -0.2) is 0 Å². The number of anilines is 2. The Labute approximate surface area is 183 Å². The van der Waals surface area contributed by atoms with Crippen molar-refractivity contribution in [1.29, 1.82) is 0 Å². The summed E-state index contributed by atoms with van der Waals surface area (Å²) in [4.78, 5) is 35.9. The highest BCUT2D eigenvalue weighted by Gasteiger charge is 2.15. The zero-order chi connectivity index (χ0) is 22.7. The molecule has 0 saturated heterocycles. The molecule has 0 spiro atoms. The predicted octanol–water partition coefficient (Wildman–Crippen LogP) is 4.75. The summed E-state index contributed by atoms with van der Waals surface area (Å²) in [5.41, 5.74) is 3.07. The van der Waals surface area contributed by atoms with E-state index < -0.39 is 4.92 Å². The van der Waals surface area contributed by atoms with Crippen LogP contribution in [-0.4, -0.2) is 21.3 Å². The van der Waals surface area contributed by atoms with E-state index in [-0.39, 0.29) is 24.0 Å². The van der Waals surface area contributed by atoms with Crippen LogP contribution in [0.5, 0.6) is 0 Å².